The van der Waals surface area contributed by atoms with Crippen molar-refractivity contribution in [3.05, 3.63) is 35.3 Å². The SMILES string of the molecule is COc1cc(/C=N\Nc2oc(C(C)C)nc2C#N)ccc1O. The van der Waals surface area contributed by atoms with E-state index in [0.29, 0.717) is 17.2 Å². The first kappa shape index (κ1) is 15.4. The molecular formula is C15H16N4O3. The molecule has 0 atom stereocenters. The Kier molecular flexibility index (Phi) is 4.63. The van der Waals surface area contributed by atoms with E-state index in [-0.39, 0.29) is 23.2 Å². The summed E-state index contributed by atoms with van der Waals surface area (Å²) in [6.07, 6.45) is 1.51. The zero-order valence-corrected chi connectivity index (χ0v) is 12.5. The van der Waals surface area contributed by atoms with Crippen molar-refractivity contribution in [3.8, 4) is 17.6 Å². The quantitative estimate of drug-likeness (QED) is 0.650. The summed E-state index contributed by atoms with van der Waals surface area (Å²) >= 11 is 0. The van der Waals surface area contributed by atoms with Gasteiger partial charge in [0, 0.05) is 5.92 Å². The Morgan fingerprint density at radius 2 is 2.27 bits per heavy atom. The summed E-state index contributed by atoms with van der Waals surface area (Å²) in [6.45, 7) is 3.84. The molecule has 2 aromatic rings. The fourth-order valence-corrected chi connectivity index (χ4v) is 1.68. The summed E-state index contributed by atoms with van der Waals surface area (Å²) in [5.74, 6) is 1.15. The van der Waals surface area contributed by atoms with Gasteiger partial charge in [-0.1, -0.05) is 13.8 Å². The minimum Gasteiger partial charge on any atom is -0.504 e. The average Bonchev–Trinajstić information content (AvgIpc) is 2.92. The van der Waals surface area contributed by atoms with E-state index in [1.807, 2.05) is 19.9 Å². The zero-order chi connectivity index (χ0) is 16.1. The molecule has 1 aromatic heterocycles. The van der Waals surface area contributed by atoms with Crippen LogP contribution in [0.4, 0.5) is 5.88 Å². The van der Waals surface area contributed by atoms with Crippen LogP contribution in [-0.4, -0.2) is 23.4 Å². The number of aromatic nitrogens is 1. The van der Waals surface area contributed by atoms with Gasteiger partial charge in [-0.2, -0.15) is 10.4 Å². The Labute approximate surface area is 127 Å². The summed E-state index contributed by atoms with van der Waals surface area (Å²) in [7, 11) is 1.47. The number of phenols is 1. The Bertz CT molecular complexity index is 729. The fraction of sp³-hybridized carbons (Fsp3) is 0.267. The van der Waals surface area contributed by atoms with Crippen LogP contribution in [0.15, 0.2) is 27.7 Å². The molecule has 2 N–H and O–H groups in total. The predicted octanol–water partition coefficient (Wildman–Crippen LogP) is 2.83. The molecule has 0 spiro atoms. The summed E-state index contributed by atoms with van der Waals surface area (Å²) < 4.78 is 10.5. The maximum atomic E-state index is 9.52. The zero-order valence-electron chi connectivity index (χ0n) is 12.5. The minimum atomic E-state index is 0.0520. The van der Waals surface area contributed by atoms with Crippen LogP contribution in [0.25, 0.3) is 0 Å². The van der Waals surface area contributed by atoms with Crippen molar-refractivity contribution in [3.63, 3.8) is 0 Å². The van der Waals surface area contributed by atoms with Gasteiger partial charge in [0.1, 0.15) is 6.07 Å². The van der Waals surface area contributed by atoms with Crippen molar-refractivity contribution in [2.24, 2.45) is 5.10 Å². The molecule has 0 aliphatic heterocycles. The Morgan fingerprint density at radius 3 is 2.91 bits per heavy atom. The van der Waals surface area contributed by atoms with Gasteiger partial charge >= 0.3 is 0 Å². The molecule has 0 saturated carbocycles. The highest BCUT2D eigenvalue weighted by Crippen LogP contribution is 2.26. The molecule has 2 rings (SSSR count). The average molecular weight is 300 g/mol. The number of nitrogens with one attached hydrogen (secondary N) is 1. The summed E-state index contributed by atoms with van der Waals surface area (Å²) in [5, 5.41) is 22.5. The molecule has 22 heavy (non-hydrogen) atoms. The van der Waals surface area contributed by atoms with Gasteiger partial charge in [0.05, 0.1) is 13.3 Å². The third kappa shape index (κ3) is 3.35. The summed E-state index contributed by atoms with van der Waals surface area (Å²) in [5.41, 5.74) is 3.52. The highest BCUT2D eigenvalue weighted by Gasteiger charge is 2.14. The molecule has 0 unspecified atom stereocenters. The number of ether oxygens (including phenoxy) is 1. The van der Waals surface area contributed by atoms with E-state index in [4.69, 9.17) is 14.4 Å². The number of hydrogen-bond acceptors (Lipinski definition) is 7. The van der Waals surface area contributed by atoms with Crippen LogP contribution in [0.2, 0.25) is 0 Å². The van der Waals surface area contributed by atoms with Gasteiger partial charge < -0.3 is 14.3 Å². The van der Waals surface area contributed by atoms with Crippen LogP contribution in [0.5, 0.6) is 11.5 Å². The fourth-order valence-electron chi connectivity index (χ4n) is 1.68. The standard InChI is InChI=1S/C15H16N4O3/c1-9(2)14-18-11(7-16)15(22-14)19-17-8-10-4-5-12(20)13(6-10)21-3/h4-6,8-9,19-20H,1-3H3/b17-8-. The normalized spacial score (nSPS) is 10.9. The number of oxazole rings is 1. The largest absolute Gasteiger partial charge is 0.504 e. The summed E-state index contributed by atoms with van der Waals surface area (Å²) in [6, 6.07) is 6.76. The van der Waals surface area contributed by atoms with Crippen molar-refractivity contribution in [2.45, 2.75) is 19.8 Å². The van der Waals surface area contributed by atoms with Crippen LogP contribution >= 0.6 is 0 Å². The number of benzene rings is 1. The maximum absolute atomic E-state index is 9.52. The molecule has 1 aromatic carbocycles. The molecule has 0 radical (unpaired) electrons. The molecule has 0 amide bonds. The minimum absolute atomic E-state index is 0.0520. The molecule has 1 heterocycles. The van der Waals surface area contributed by atoms with Crippen molar-refractivity contribution < 1.29 is 14.3 Å². The maximum Gasteiger partial charge on any atom is 0.252 e. The molecule has 0 bridgehead atoms. The van der Waals surface area contributed by atoms with E-state index < -0.39 is 0 Å². The van der Waals surface area contributed by atoms with Gasteiger partial charge in [-0.15, -0.1) is 0 Å². The Hall–Kier alpha value is -3.01. The van der Waals surface area contributed by atoms with E-state index in [1.165, 1.54) is 19.4 Å². The number of nitrogens with zero attached hydrogens (tertiary/aromatic N) is 3. The lowest BCUT2D eigenvalue weighted by Gasteiger charge is -2.03. The van der Waals surface area contributed by atoms with E-state index in [2.05, 4.69) is 15.5 Å². The Balaban J connectivity index is 2.14. The van der Waals surface area contributed by atoms with Crippen LogP contribution in [0.3, 0.4) is 0 Å². The monoisotopic (exact) mass is 300 g/mol. The van der Waals surface area contributed by atoms with Crippen LogP contribution in [0.1, 0.15) is 36.9 Å². The number of aromatic hydroxyl groups is 1. The Morgan fingerprint density at radius 1 is 1.50 bits per heavy atom. The predicted molar refractivity (Wildman–Crippen MR) is 81.2 cm³/mol. The van der Waals surface area contributed by atoms with Crippen LogP contribution < -0.4 is 10.2 Å². The van der Waals surface area contributed by atoms with Gasteiger partial charge in [-0.25, -0.2) is 10.4 Å². The second-order valence-corrected chi connectivity index (χ2v) is 4.80. The molecule has 0 aliphatic carbocycles. The highest BCUT2D eigenvalue weighted by molar-refractivity contribution is 5.81. The second kappa shape index (κ2) is 6.63. The molecular weight excluding hydrogens is 284 g/mol. The van der Waals surface area contributed by atoms with Crippen molar-refractivity contribution in [1.82, 2.24) is 4.98 Å². The third-order valence-electron chi connectivity index (χ3n) is 2.83. The number of anilines is 1. The van der Waals surface area contributed by atoms with E-state index in [1.54, 1.807) is 12.1 Å². The topological polar surface area (TPSA) is 104 Å². The molecule has 7 heteroatoms. The number of nitriles is 1. The molecule has 114 valence electrons. The van der Waals surface area contributed by atoms with E-state index in [0.717, 1.165) is 0 Å². The van der Waals surface area contributed by atoms with Gasteiger partial charge in [-0.3, -0.25) is 0 Å². The second-order valence-electron chi connectivity index (χ2n) is 4.80. The first-order valence-corrected chi connectivity index (χ1v) is 6.62. The number of phenolic OH excluding ortho intramolecular Hbond substituents is 1. The van der Waals surface area contributed by atoms with Crippen molar-refractivity contribution >= 4 is 12.1 Å². The number of rotatable bonds is 5. The van der Waals surface area contributed by atoms with Gasteiger partial charge in [0.2, 0.25) is 11.6 Å². The molecule has 0 aliphatic rings. The lowest BCUT2D eigenvalue weighted by Crippen LogP contribution is -1.92. The lowest BCUT2D eigenvalue weighted by molar-refractivity contribution is 0.373. The van der Waals surface area contributed by atoms with Gasteiger partial charge in [0.15, 0.2) is 11.5 Å². The molecule has 0 saturated heterocycles. The van der Waals surface area contributed by atoms with E-state index >= 15 is 0 Å². The molecule has 7 nitrogen and oxygen atoms in total. The van der Waals surface area contributed by atoms with Crippen molar-refractivity contribution in [1.29, 1.82) is 5.26 Å². The lowest BCUT2D eigenvalue weighted by atomic mass is 10.2. The van der Waals surface area contributed by atoms with Crippen LogP contribution in [0, 0.1) is 11.3 Å². The van der Waals surface area contributed by atoms with Gasteiger partial charge in [-0.05, 0) is 23.8 Å². The number of hydrazone groups is 1. The first-order chi connectivity index (χ1) is 10.5. The molecule has 0 fully saturated rings. The van der Waals surface area contributed by atoms with Crippen LogP contribution in [-0.2, 0) is 0 Å². The number of methoxy groups -OCH3 is 1. The smallest absolute Gasteiger partial charge is 0.252 e. The van der Waals surface area contributed by atoms with E-state index in [9.17, 15) is 5.11 Å². The first-order valence-electron chi connectivity index (χ1n) is 6.62. The highest BCUT2D eigenvalue weighted by atomic mass is 16.5. The van der Waals surface area contributed by atoms with Crippen molar-refractivity contribution in [2.75, 3.05) is 12.5 Å². The number of hydrogen-bond donors (Lipinski definition) is 2. The third-order valence-corrected chi connectivity index (χ3v) is 2.83. The van der Waals surface area contributed by atoms with Gasteiger partial charge in [0.25, 0.3) is 5.88 Å². The summed E-state index contributed by atoms with van der Waals surface area (Å²) in [4.78, 5) is 4.08.